The summed E-state index contributed by atoms with van der Waals surface area (Å²) in [4.78, 5) is 21.1. The number of carbonyl (C=O) groups excluding carboxylic acids is 1. The van der Waals surface area contributed by atoms with Crippen molar-refractivity contribution < 1.29 is 9.32 Å². The Hall–Kier alpha value is -3.39. The average molecular weight is 437 g/mol. The van der Waals surface area contributed by atoms with Crippen LogP contribution in [0.2, 0.25) is 5.02 Å². The van der Waals surface area contributed by atoms with Gasteiger partial charge in [-0.1, -0.05) is 41.0 Å². The van der Waals surface area contributed by atoms with E-state index in [0.717, 1.165) is 22.2 Å². The Kier molecular flexibility index (Phi) is 4.86. The zero-order valence-corrected chi connectivity index (χ0v) is 18.0. The van der Waals surface area contributed by atoms with Gasteiger partial charge in [-0.05, 0) is 25.1 Å². The molecule has 1 aliphatic rings. The standard InChI is InChI=1S/C22H21ClN6O2/c1-14-16-8-7-15(13-19(16)27(2)25-14)20-24-22(31-26-20)29-11-9-28(10-12-29)21(30)17-5-3-4-6-18(17)23/h3-8,13H,9-12H2,1-2H3. The predicted octanol–water partition coefficient (Wildman–Crippen LogP) is 3.55. The SMILES string of the molecule is Cc1nn(C)c2cc(-c3noc(N4CCN(C(=O)c5ccccc5Cl)CC4)n3)ccc12. The molecule has 0 saturated carbocycles. The molecular weight excluding hydrogens is 416 g/mol. The maximum absolute atomic E-state index is 12.8. The molecular formula is C22H21ClN6O2. The van der Waals surface area contributed by atoms with Gasteiger partial charge in [-0.3, -0.25) is 9.48 Å². The van der Waals surface area contributed by atoms with Gasteiger partial charge in [-0.2, -0.15) is 10.1 Å². The maximum Gasteiger partial charge on any atom is 0.324 e. The van der Waals surface area contributed by atoms with Crippen molar-refractivity contribution >= 4 is 34.4 Å². The first kappa shape index (κ1) is 19.6. The number of aryl methyl sites for hydroxylation is 2. The molecule has 0 aliphatic carbocycles. The normalized spacial score (nSPS) is 14.4. The van der Waals surface area contributed by atoms with E-state index < -0.39 is 0 Å². The largest absolute Gasteiger partial charge is 0.335 e. The Balaban J connectivity index is 1.30. The molecule has 158 valence electrons. The van der Waals surface area contributed by atoms with E-state index in [1.807, 2.05) is 53.9 Å². The zero-order valence-electron chi connectivity index (χ0n) is 17.2. The summed E-state index contributed by atoms with van der Waals surface area (Å²) in [6.07, 6.45) is 0. The van der Waals surface area contributed by atoms with E-state index in [0.29, 0.717) is 48.6 Å². The van der Waals surface area contributed by atoms with E-state index >= 15 is 0 Å². The molecule has 8 nitrogen and oxygen atoms in total. The molecule has 1 amide bonds. The average Bonchev–Trinajstić information content (AvgIpc) is 3.39. The molecule has 2 aromatic heterocycles. The molecule has 0 N–H and O–H groups in total. The van der Waals surface area contributed by atoms with Crippen LogP contribution in [-0.2, 0) is 7.05 Å². The molecule has 3 heterocycles. The molecule has 31 heavy (non-hydrogen) atoms. The lowest BCUT2D eigenvalue weighted by Crippen LogP contribution is -2.49. The number of halogens is 1. The molecule has 1 aliphatic heterocycles. The summed E-state index contributed by atoms with van der Waals surface area (Å²) < 4.78 is 7.37. The van der Waals surface area contributed by atoms with E-state index in [1.165, 1.54) is 0 Å². The van der Waals surface area contributed by atoms with Crippen LogP contribution < -0.4 is 4.90 Å². The predicted molar refractivity (Wildman–Crippen MR) is 118 cm³/mol. The highest BCUT2D eigenvalue weighted by atomic mass is 35.5. The minimum Gasteiger partial charge on any atom is -0.335 e. The van der Waals surface area contributed by atoms with Crippen LogP contribution in [-0.4, -0.2) is 56.9 Å². The third-order valence-corrected chi connectivity index (χ3v) is 5.98. The quantitative estimate of drug-likeness (QED) is 0.488. The highest BCUT2D eigenvalue weighted by molar-refractivity contribution is 6.33. The maximum atomic E-state index is 12.8. The van der Waals surface area contributed by atoms with Crippen molar-refractivity contribution in [2.24, 2.45) is 7.05 Å². The fourth-order valence-corrected chi connectivity index (χ4v) is 4.16. The van der Waals surface area contributed by atoms with Gasteiger partial charge >= 0.3 is 6.01 Å². The molecule has 1 fully saturated rings. The van der Waals surface area contributed by atoms with E-state index in [-0.39, 0.29) is 5.91 Å². The summed E-state index contributed by atoms with van der Waals surface area (Å²) >= 11 is 6.17. The number of piperazine rings is 1. The van der Waals surface area contributed by atoms with Gasteiger partial charge in [0.15, 0.2) is 0 Å². The first-order valence-electron chi connectivity index (χ1n) is 10.1. The molecule has 0 spiro atoms. The van der Waals surface area contributed by atoms with Gasteiger partial charge in [0.25, 0.3) is 5.91 Å². The minimum absolute atomic E-state index is 0.0590. The highest BCUT2D eigenvalue weighted by Crippen LogP contribution is 2.26. The lowest BCUT2D eigenvalue weighted by atomic mass is 10.1. The summed E-state index contributed by atoms with van der Waals surface area (Å²) in [7, 11) is 1.92. The number of anilines is 1. The van der Waals surface area contributed by atoms with E-state index in [1.54, 1.807) is 17.0 Å². The number of amides is 1. The fraction of sp³-hybridized carbons (Fsp3) is 0.273. The molecule has 0 bridgehead atoms. The Labute approximate surface area is 184 Å². The van der Waals surface area contributed by atoms with Crippen molar-refractivity contribution in [1.29, 1.82) is 0 Å². The van der Waals surface area contributed by atoms with Crippen molar-refractivity contribution in [2.75, 3.05) is 31.1 Å². The first-order valence-corrected chi connectivity index (χ1v) is 10.5. The molecule has 0 radical (unpaired) electrons. The first-order chi connectivity index (χ1) is 15.0. The smallest absolute Gasteiger partial charge is 0.324 e. The number of benzene rings is 2. The van der Waals surface area contributed by atoms with Gasteiger partial charge in [0.2, 0.25) is 5.82 Å². The van der Waals surface area contributed by atoms with Crippen molar-refractivity contribution in [3.63, 3.8) is 0 Å². The molecule has 0 atom stereocenters. The van der Waals surface area contributed by atoms with Crippen molar-refractivity contribution in [3.05, 3.63) is 58.7 Å². The van der Waals surface area contributed by atoms with Crippen LogP contribution >= 0.6 is 11.6 Å². The van der Waals surface area contributed by atoms with Crippen molar-refractivity contribution in [1.82, 2.24) is 24.8 Å². The van der Waals surface area contributed by atoms with Crippen LogP contribution in [0.15, 0.2) is 47.0 Å². The molecule has 9 heteroatoms. The van der Waals surface area contributed by atoms with Gasteiger partial charge in [0.1, 0.15) is 0 Å². The summed E-state index contributed by atoms with van der Waals surface area (Å²) in [6.45, 7) is 4.32. The third-order valence-electron chi connectivity index (χ3n) is 5.65. The number of aromatic nitrogens is 4. The highest BCUT2D eigenvalue weighted by Gasteiger charge is 2.26. The zero-order chi connectivity index (χ0) is 21.5. The van der Waals surface area contributed by atoms with Crippen LogP contribution in [0.5, 0.6) is 0 Å². The summed E-state index contributed by atoms with van der Waals surface area (Å²) in [5.74, 6) is 0.474. The monoisotopic (exact) mass is 436 g/mol. The van der Waals surface area contributed by atoms with Crippen LogP contribution in [0.25, 0.3) is 22.3 Å². The molecule has 4 aromatic rings. The molecule has 2 aromatic carbocycles. The Morgan fingerprint density at radius 2 is 1.87 bits per heavy atom. The number of hydrogen-bond donors (Lipinski definition) is 0. The number of nitrogens with zero attached hydrogens (tertiary/aromatic N) is 6. The van der Waals surface area contributed by atoms with Crippen molar-refractivity contribution in [3.8, 4) is 11.4 Å². The topological polar surface area (TPSA) is 80.3 Å². The Bertz CT molecular complexity index is 1270. The lowest BCUT2D eigenvalue weighted by Gasteiger charge is -2.33. The molecule has 1 saturated heterocycles. The fourth-order valence-electron chi connectivity index (χ4n) is 3.94. The van der Waals surface area contributed by atoms with Crippen molar-refractivity contribution in [2.45, 2.75) is 6.92 Å². The summed E-state index contributed by atoms with van der Waals surface area (Å²) in [5, 5.41) is 10.2. The second-order valence-electron chi connectivity index (χ2n) is 7.60. The third kappa shape index (κ3) is 3.53. The van der Waals surface area contributed by atoms with E-state index in [9.17, 15) is 4.79 Å². The number of rotatable bonds is 3. The minimum atomic E-state index is -0.0590. The van der Waals surface area contributed by atoms with Gasteiger partial charge < -0.3 is 14.3 Å². The summed E-state index contributed by atoms with van der Waals surface area (Å²) in [6, 6.07) is 13.6. The number of hydrogen-bond acceptors (Lipinski definition) is 6. The van der Waals surface area contributed by atoms with Gasteiger partial charge in [-0.15, -0.1) is 0 Å². The molecule has 5 rings (SSSR count). The number of carbonyl (C=O) groups is 1. The Morgan fingerprint density at radius 3 is 2.65 bits per heavy atom. The second kappa shape index (κ2) is 7.70. The van der Waals surface area contributed by atoms with E-state index in [2.05, 4.69) is 15.2 Å². The summed E-state index contributed by atoms with van der Waals surface area (Å²) in [5.41, 5.74) is 3.41. The number of fused-ring (bicyclic) bond motifs is 1. The molecule has 0 unspecified atom stereocenters. The van der Waals surface area contributed by atoms with Crippen LogP contribution in [0, 0.1) is 6.92 Å². The lowest BCUT2D eigenvalue weighted by molar-refractivity contribution is 0.0744. The second-order valence-corrected chi connectivity index (χ2v) is 8.01. The van der Waals surface area contributed by atoms with Crippen LogP contribution in [0.3, 0.4) is 0 Å². The van der Waals surface area contributed by atoms with Gasteiger partial charge in [0, 0.05) is 44.2 Å². The van der Waals surface area contributed by atoms with Gasteiger partial charge in [-0.25, -0.2) is 0 Å². The van der Waals surface area contributed by atoms with E-state index in [4.69, 9.17) is 16.1 Å². The van der Waals surface area contributed by atoms with Crippen LogP contribution in [0.1, 0.15) is 16.1 Å². The van der Waals surface area contributed by atoms with Gasteiger partial charge in [0.05, 0.1) is 21.8 Å². The Morgan fingerprint density at radius 1 is 1.10 bits per heavy atom. The van der Waals surface area contributed by atoms with Crippen LogP contribution in [0.4, 0.5) is 6.01 Å².